The number of benzene rings is 1. The third kappa shape index (κ3) is 3.88. The first-order valence-corrected chi connectivity index (χ1v) is 8.73. The van der Waals surface area contributed by atoms with Crippen LogP contribution in [0.4, 0.5) is 0 Å². The Labute approximate surface area is 146 Å². The number of carbonyl (C=O) groups excluding carboxylic acids is 1. The molecule has 0 N–H and O–H groups in total. The van der Waals surface area contributed by atoms with Gasteiger partial charge in [-0.05, 0) is 23.3 Å². The average Bonchev–Trinajstić information content (AvgIpc) is 2.82. The van der Waals surface area contributed by atoms with Gasteiger partial charge in [0.05, 0.1) is 19.8 Å². The van der Waals surface area contributed by atoms with Crippen LogP contribution in [0.1, 0.15) is 21.5 Å². The summed E-state index contributed by atoms with van der Waals surface area (Å²) >= 11 is 1.83. The molecule has 0 saturated heterocycles. The number of rotatable bonds is 4. The summed E-state index contributed by atoms with van der Waals surface area (Å²) in [7, 11) is 3.03. The molecule has 24 heavy (non-hydrogen) atoms. The molecular weight excluding hydrogens is 324 g/mol. The highest BCUT2D eigenvalue weighted by atomic mass is 32.2. The predicted octanol–water partition coefficient (Wildman–Crippen LogP) is 2.98. The van der Waals surface area contributed by atoms with Crippen LogP contribution in [0.3, 0.4) is 0 Å². The van der Waals surface area contributed by atoms with Gasteiger partial charge in [0.2, 0.25) is 5.88 Å². The number of hydrogen-bond donors (Lipinski definition) is 0. The first kappa shape index (κ1) is 16.8. The molecule has 0 aliphatic carbocycles. The summed E-state index contributed by atoms with van der Waals surface area (Å²) in [5, 5.41) is 0. The van der Waals surface area contributed by atoms with Crippen molar-refractivity contribution < 1.29 is 14.3 Å². The van der Waals surface area contributed by atoms with E-state index in [1.165, 1.54) is 23.1 Å². The minimum atomic E-state index is -0.304. The molecule has 0 radical (unpaired) electrons. The van der Waals surface area contributed by atoms with Crippen molar-refractivity contribution in [3.05, 3.63) is 53.2 Å². The highest BCUT2D eigenvalue weighted by Gasteiger charge is 2.16. The number of esters is 1. The van der Waals surface area contributed by atoms with Gasteiger partial charge in [0.25, 0.3) is 0 Å². The molecule has 0 fully saturated rings. The predicted molar refractivity (Wildman–Crippen MR) is 93.4 cm³/mol. The maximum absolute atomic E-state index is 11.5. The zero-order valence-electron chi connectivity index (χ0n) is 13.8. The molecule has 0 saturated carbocycles. The maximum atomic E-state index is 11.5. The lowest BCUT2D eigenvalue weighted by Gasteiger charge is -2.20. The van der Waals surface area contributed by atoms with E-state index < -0.39 is 0 Å². The second-order valence-corrected chi connectivity index (χ2v) is 6.72. The summed E-state index contributed by atoms with van der Waals surface area (Å²) < 4.78 is 9.97. The topological polar surface area (TPSA) is 51.7 Å². The van der Waals surface area contributed by atoms with Crippen molar-refractivity contribution in [2.75, 3.05) is 26.5 Å². The van der Waals surface area contributed by atoms with Crippen LogP contribution >= 0.6 is 11.8 Å². The lowest BCUT2D eigenvalue weighted by Crippen LogP contribution is -2.24. The van der Waals surface area contributed by atoms with Gasteiger partial charge in [0, 0.05) is 42.5 Å². The quantitative estimate of drug-likeness (QED) is 0.795. The Morgan fingerprint density at radius 3 is 2.79 bits per heavy atom. The van der Waals surface area contributed by atoms with Crippen molar-refractivity contribution in [3.8, 4) is 5.88 Å². The van der Waals surface area contributed by atoms with Crippen molar-refractivity contribution in [2.45, 2.75) is 18.0 Å². The Hall–Kier alpha value is -2.05. The van der Waals surface area contributed by atoms with Gasteiger partial charge in [-0.15, -0.1) is 11.8 Å². The Morgan fingerprint density at radius 1 is 1.29 bits per heavy atom. The smallest absolute Gasteiger partial charge is 0.337 e. The summed E-state index contributed by atoms with van der Waals surface area (Å²) in [5.74, 6) is 1.38. The van der Waals surface area contributed by atoms with E-state index in [2.05, 4.69) is 9.88 Å². The monoisotopic (exact) mass is 344 g/mol. The summed E-state index contributed by atoms with van der Waals surface area (Å²) in [6.45, 7) is 2.70. The third-order valence-electron chi connectivity index (χ3n) is 3.97. The van der Waals surface area contributed by atoms with Gasteiger partial charge in [-0.2, -0.15) is 0 Å². The van der Waals surface area contributed by atoms with E-state index in [9.17, 15) is 4.79 Å². The maximum Gasteiger partial charge on any atom is 0.337 e. The van der Waals surface area contributed by atoms with Crippen molar-refractivity contribution in [1.82, 2.24) is 9.88 Å². The molecule has 0 amide bonds. The molecule has 1 aliphatic rings. The van der Waals surface area contributed by atoms with Crippen LogP contribution in [-0.4, -0.2) is 42.4 Å². The first-order valence-electron chi connectivity index (χ1n) is 7.75. The number of thioether (sulfide) groups is 1. The summed E-state index contributed by atoms with van der Waals surface area (Å²) in [4.78, 5) is 19.4. The van der Waals surface area contributed by atoms with E-state index in [1.807, 2.05) is 48.3 Å². The van der Waals surface area contributed by atoms with Crippen LogP contribution in [-0.2, 0) is 17.8 Å². The number of fused-ring (bicyclic) bond motifs is 1. The highest BCUT2D eigenvalue weighted by Crippen LogP contribution is 2.29. The molecule has 1 aliphatic heterocycles. The molecule has 6 heteroatoms. The fourth-order valence-corrected chi connectivity index (χ4v) is 3.70. The van der Waals surface area contributed by atoms with Crippen molar-refractivity contribution >= 4 is 17.7 Å². The van der Waals surface area contributed by atoms with E-state index >= 15 is 0 Å². The van der Waals surface area contributed by atoms with Crippen LogP contribution in [0.15, 0.2) is 41.4 Å². The van der Waals surface area contributed by atoms with Gasteiger partial charge in [-0.3, -0.25) is 4.90 Å². The normalized spacial score (nSPS) is 14.6. The van der Waals surface area contributed by atoms with Gasteiger partial charge in [0.15, 0.2) is 0 Å². The second kappa shape index (κ2) is 7.68. The molecule has 3 rings (SSSR count). The first-order chi connectivity index (χ1) is 11.7. The Morgan fingerprint density at radius 2 is 2.08 bits per heavy atom. The SMILES string of the molecule is COC(=O)c1ccc(CN2CCSc3cnc(OC)cc3C2)cc1. The molecule has 0 unspecified atom stereocenters. The molecule has 0 spiro atoms. The second-order valence-electron chi connectivity index (χ2n) is 5.58. The van der Waals surface area contributed by atoms with Gasteiger partial charge in [0.1, 0.15) is 0 Å². The average molecular weight is 344 g/mol. The van der Waals surface area contributed by atoms with Crippen LogP contribution < -0.4 is 4.74 Å². The number of aromatic nitrogens is 1. The van der Waals surface area contributed by atoms with Crippen LogP contribution in [0, 0.1) is 0 Å². The summed E-state index contributed by atoms with van der Waals surface area (Å²) in [6.07, 6.45) is 1.90. The lowest BCUT2D eigenvalue weighted by atomic mass is 10.1. The molecule has 126 valence electrons. The molecule has 1 aromatic carbocycles. The van der Waals surface area contributed by atoms with E-state index in [0.717, 1.165) is 25.4 Å². The van der Waals surface area contributed by atoms with Gasteiger partial charge in [-0.1, -0.05) is 12.1 Å². The van der Waals surface area contributed by atoms with Gasteiger partial charge < -0.3 is 9.47 Å². The van der Waals surface area contributed by atoms with E-state index in [4.69, 9.17) is 9.47 Å². The summed E-state index contributed by atoms with van der Waals surface area (Å²) in [5.41, 5.74) is 3.00. The van der Waals surface area contributed by atoms with Crippen LogP contribution in [0.25, 0.3) is 0 Å². The minimum absolute atomic E-state index is 0.304. The number of nitrogens with zero attached hydrogens (tertiary/aromatic N) is 2. The van der Waals surface area contributed by atoms with E-state index in [1.54, 1.807) is 7.11 Å². The number of methoxy groups -OCH3 is 2. The number of ether oxygens (including phenoxy) is 2. The third-order valence-corrected chi connectivity index (χ3v) is 5.04. The van der Waals surface area contributed by atoms with Crippen molar-refractivity contribution in [3.63, 3.8) is 0 Å². The molecular formula is C18H20N2O3S. The highest BCUT2D eigenvalue weighted by molar-refractivity contribution is 7.99. The molecule has 2 aromatic rings. The van der Waals surface area contributed by atoms with Crippen LogP contribution in [0.2, 0.25) is 0 Å². The molecule has 1 aromatic heterocycles. The number of hydrogen-bond acceptors (Lipinski definition) is 6. The molecule has 0 bridgehead atoms. The number of carbonyl (C=O) groups is 1. The Balaban J connectivity index is 1.72. The lowest BCUT2D eigenvalue weighted by molar-refractivity contribution is 0.0600. The fourth-order valence-electron chi connectivity index (χ4n) is 2.69. The molecule has 2 heterocycles. The molecule has 0 atom stereocenters. The zero-order valence-corrected chi connectivity index (χ0v) is 14.6. The summed E-state index contributed by atoms with van der Waals surface area (Å²) in [6, 6.07) is 9.61. The van der Waals surface area contributed by atoms with Gasteiger partial charge >= 0.3 is 5.97 Å². The Bertz CT molecular complexity index is 719. The van der Waals surface area contributed by atoms with E-state index in [-0.39, 0.29) is 5.97 Å². The van der Waals surface area contributed by atoms with Gasteiger partial charge in [-0.25, -0.2) is 9.78 Å². The van der Waals surface area contributed by atoms with Crippen molar-refractivity contribution in [2.24, 2.45) is 0 Å². The molecule has 5 nitrogen and oxygen atoms in total. The Kier molecular flexibility index (Phi) is 5.37. The fraction of sp³-hybridized carbons (Fsp3) is 0.333. The van der Waals surface area contributed by atoms with Crippen molar-refractivity contribution in [1.29, 1.82) is 0 Å². The zero-order chi connectivity index (χ0) is 16.9. The largest absolute Gasteiger partial charge is 0.481 e. The number of pyridine rings is 1. The van der Waals surface area contributed by atoms with Crippen LogP contribution in [0.5, 0.6) is 5.88 Å². The minimum Gasteiger partial charge on any atom is -0.481 e. The standard InChI is InChI=1S/C18H20N2O3S/c1-22-17-9-15-12-20(7-8-24-16(15)10-19-17)11-13-3-5-14(6-4-13)18(21)23-2/h3-6,9-10H,7-8,11-12H2,1-2H3. The van der Waals surface area contributed by atoms with E-state index in [0.29, 0.717) is 11.4 Å².